The summed E-state index contributed by atoms with van der Waals surface area (Å²) in [7, 11) is 0. The minimum atomic E-state index is -0.00206. The third-order valence-corrected chi connectivity index (χ3v) is 2.38. The molecule has 1 aromatic heterocycles. The highest BCUT2D eigenvalue weighted by Crippen LogP contribution is 2.09. The predicted octanol–water partition coefficient (Wildman–Crippen LogP) is 2.13. The van der Waals surface area contributed by atoms with Crippen LogP contribution in [0.1, 0.15) is 24.2 Å². The molecule has 0 aliphatic carbocycles. The molecule has 17 heavy (non-hydrogen) atoms. The summed E-state index contributed by atoms with van der Waals surface area (Å²) in [4.78, 5) is 17.8. The van der Waals surface area contributed by atoms with Crippen LogP contribution in [0.4, 0.5) is 0 Å². The van der Waals surface area contributed by atoms with Crippen LogP contribution in [0.25, 0.3) is 0 Å². The van der Waals surface area contributed by atoms with Crippen LogP contribution in [0, 0.1) is 0 Å². The summed E-state index contributed by atoms with van der Waals surface area (Å²) in [5.41, 5.74) is 0.583. The van der Waals surface area contributed by atoms with Crippen molar-refractivity contribution in [2.45, 2.75) is 13.8 Å². The Morgan fingerprint density at radius 2 is 2.18 bits per heavy atom. The average Bonchev–Trinajstić information content (AvgIpc) is 2.38. The minimum absolute atomic E-state index is 0.00206. The smallest absolute Gasteiger partial charge is 0.255 e. The molecule has 1 rings (SSSR count). The van der Waals surface area contributed by atoms with Gasteiger partial charge in [0.2, 0.25) is 5.88 Å². The molecule has 4 heteroatoms. The Kier molecular flexibility index (Phi) is 5.20. The van der Waals surface area contributed by atoms with E-state index in [2.05, 4.69) is 11.6 Å². The van der Waals surface area contributed by atoms with Crippen LogP contribution in [0.3, 0.4) is 0 Å². The number of hydrogen-bond acceptors (Lipinski definition) is 3. The average molecular weight is 234 g/mol. The first-order chi connectivity index (χ1) is 8.22. The molecular weight excluding hydrogens is 216 g/mol. The fourth-order valence-electron chi connectivity index (χ4n) is 1.43. The van der Waals surface area contributed by atoms with E-state index in [-0.39, 0.29) is 5.91 Å². The number of aromatic nitrogens is 1. The van der Waals surface area contributed by atoms with Gasteiger partial charge < -0.3 is 9.64 Å². The highest BCUT2D eigenvalue weighted by molar-refractivity contribution is 5.93. The zero-order valence-electron chi connectivity index (χ0n) is 10.3. The largest absolute Gasteiger partial charge is 0.473 e. The van der Waals surface area contributed by atoms with E-state index in [0.29, 0.717) is 31.1 Å². The molecule has 0 atom stereocenters. The van der Waals surface area contributed by atoms with Gasteiger partial charge >= 0.3 is 0 Å². The molecule has 0 fully saturated rings. The monoisotopic (exact) mass is 234 g/mol. The summed E-state index contributed by atoms with van der Waals surface area (Å²) >= 11 is 0. The summed E-state index contributed by atoms with van der Waals surface area (Å²) in [6.45, 7) is 9.27. The van der Waals surface area contributed by atoms with Crippen LogP contribution in [0.2, 0.25) is 0 Å². The molecule has 0 aliphatic heterocycles. The first-order valence-electron chi connectivity index (χ1n) is 5.71. The fraction of sp³-hybridized carbons (Fsp3) is 0.385. The lowest BCUT2D eigenvalue weighted by Crippen LogP contribution is -2.30. The van der Waals surface area contributed by atoms with Gasteiger partial charge in [0.15, 0.2) is 0 Å². The molecule has 1 amide bonds. The van der Waals surface area contributed by atoms with Crippen molar-refractivity contribution < 1.29 is 9.53 Å². The second-order valence-electron chi connectivity index (χ2n) is 3.46. The molecule has 0 saturated carbocycles. The molecule has 0 N–H and O–H groups in total. The van der Waals surface area contributed by atoms with Crippen LogP contribution in [0.5, 0.6) is 5.88 Å². The summed E-state index contributed by atoms with van der Waals surface area (Å²) in [5.74, 6) is 0.499. The van der Waals surface area contributed by atoms with Crippen LogP contribution < -0.4 is 4.74 Å². The van der Waals surface area contributed by atoms with E-state index in [0.717, 1.165) is 0 Å². The Bertz CT molecular complexity index is 370. The molecule has 4 nitrogen and oxygen atoms in total. The van der Waals surface area contributed by atoms with Gasteiger partial charge in [-0.3, -0.25) is 4.79 Å². The van der Waals surface area contributed by atoms with Crippen molar-refractivity contribution >= 4 is 5.91 Å². The number of carbonyl (C=O) groups excluding carboxylic acids is 1. The van der Waals surface area contributed by atoms with E-state index in [1.165, 1.54) is 0 Å². The Morgan fingerprint density at radius 1 is 1.47 bits per heavy atom. The first kappa shape index (κ1) is 13.2. The van der Waals surface area contributed by atoms with Gasteiger partial charge in [0, 0.05) is 25.4 Å². The normalized spacial score (nSPS) is 9.76. The van der Waals surface area contributed by atoms with Crippen molar-refractivity contribution in [3.05, 3.63) is 36.5 Å². The third kappa shape index (κ3) is 3.59. The van der Waals surface area contributed by atoms with E-state index < -0.39 is 0 Å². The second-order valence-corrected chi connectivity index (χ2v) is 3.46. The van der Waals surface area contributed by atoms with Gasteiger partial charge in [-0.2, -0.15) is 0 Å². The maximum atomic E-state index is 12.0. The van der Waals surface area contributed by atoms with Gasteiger partial charge in [0.1, 0.15) is 6.61 Å². The number of pyridine rings is 1. The lowest BCUT2D eigenvalue weighted by atomic mass is 10.2. The van der Waals surface area contributed by atoms with Gasteiger partial charge in [-0.25, -0.2) is 4.98 Å². The molecular formula is C13H18N2O2. The number of rotatable bonds is 6. The van der Waals surface area contributed by atoms with E-state index >= 15 is 0 Å². The molecule has 0 spiro atoms. The highest BCUT2D eigenvalue weighted by atomic mass is 16.5. The summed E-state index contributed by atoms with van der Waals surface area (Å²) in [6.07, 6.45) is 3.19. The fourth-order valence-corrected chi connectivity index (χ4v) is 1.43. The van der Waals surface area contributed by atoms with Gasteiger partial charge in [-0.1, -0.05) is 12.7 Å². The van der Waals surface area contributed by atoms with Gasteiger partial charge in [0.05, 0.1) is 5.56 Å². The third-order valence-electron chi connectivity index (χ3n) is 2.38. The summed E-state index contributed by atoms with van der Waals surface area (Å²) < 4.78 is 5.25. The number of amides is 1. The van der Waals surface area contributed by atoms with E-state index in [9.17, 15) is 4.79 Å². The Morgan fingerprint density at radius 3 is 2.65 bits per heavy atom. The van der Waals surface area contributed by atoms with Crippen molar-refractivity contribution in [3.63, 3.8) is 0 Å². The van der Waals surface area contributed by atoms with Gasteiger partial charge in [-0.05, 0) is 19.9 Å². The molecule has 0 aromatic carbocycles. The van der Waals surface area contributed by atoms with E-state index in [1.807, 2.05) is 13.8 Å². The van der Waals surface area contributed by atoms with Gasteiger partial charge in [0.25, 0.3) is 5.91 Å². The maximum Gasteiger partial charge on any atom is 0.255 e. The molecule has 0 bridgehead atoms. The number of ether oxygens (including phenoxy) is 1. The molecule has 0 radical (unpaired) electrons. The minimum Gasteiger partial charge on any atom is -0.473 e. The van der Waals surface area contributed by atoms with Crippen molar-refractivity contribution in [1.82, 2.24) is 9.88 Å². The molecule has 0 aliphatic rings. The summed E-state index contributed by atoms with van der Waals surface area (Å²) in [6, 6.07) is 3.42. The lowest BCUT2D eigenvalue weighted by Gasteiger charge is -2.18. The predicted molar refractivity (Wildman–Crippen MR) is 67.2 cm³/mol. The van der Waals surface area contributed by atoms with Crippen LogP contribution >= 0.6 is 0 Å². The van der Waals surface area contributed by atoms with E-state index in [1.54, 1.807) is 29.3 Å². The lowest BCUT2D eigenvalue weighted by molar-refractivity contribution is 0.0772. The van der Waals surface area contributed by atoms with Crippen LogP contribution in [-0.4, -0.2) is 35.5 Å². The molecule has 1 aromatic rings. The zero-order valence-corrected chi connectivity index (χ0v) is 10.3. The SMILES string of the molecule is C=CCOc1ccc(C(=O)N(CC)CC)cn1. The Hall–Kier alpha value is -1.84. The highest BCUT2D eigenvalue weighted by Gasteiger charge is 2.12. The second kappa shape index (κ2) is 6.68. The quantitative estimate of drug-likeness (QED) is 0.708. The number of nitrogens with zero attached hydrogens (tertiary/aromatic N) is 2. The van der Waals surface area contributed by atoms with Crippen LogP contribution in [0.15, 0.2) is 31.0 Å². The Labute approximate surface area is 102 Å². The molecule has 0 unspecified atom stereocenters. The number of carbonyl (C=O) groups is 1. The molecule has 1 heterocycles. The molecule has 92 valence electrons. The van der Waals surface area contributed by atoms with Crippen molar-refractivity contribution in [3.8, 4) is 5.88 Å². The van der Waals surface area contributed by atoms with Crippen molar-refractivity contribution in [1.29, 1.82) is 0 Å². The molecule has 0 saturated heterocycles. The maximum absolute atomic E-state index is 12.0. The van der Waals surface area contributed by atoms with Gasteiger partial charge in [-0.15, -0.1) is 0 Å². The Balaban J connectivity index is 2.72. The number of hydrogen-bond donors (Lipinski definition) is 0. The topological polar surface area (TPSA) is 42.4 Å². The van der Waals surface area contributed by atoms with Crippen molar-refractivity contribution in [2.75, 3.05) is 19.7 Å². The van der Waals surface area contributed by atoms with Crippen LogP contribution in [-0.2, 0) is 0 Å². The summed E-state index contributed by atoms with van der Waals surface area (Å²) in [5, 5.41) is 0. The zero-order chi connectivity index (χ0) is 12.7. The standard InChI is InChI=1S/C13H18N2O2/c1-4-9-17-12-8-7-11(10-14-12)13(16)15(5-2)6-3/h4,7-8,10H,1,5-6,9H2,2-3H3. The first-order valence-corrected chi connectivity index (χ1v) is 5.71. The van der Waals surface area contributed by atoms with E-state index in [4.69, 9.17) is 4.74 Å². The van der Waals surface area contributed by atoms with Crippen molar-refractivity contribution in [2.24, 2.45) is 0 Å².